The molecule has 0 aromatic carbocycles. The lowest BCUT2D eigenvalue weighted by Gasteiger charge is -2.38. The molecule has 0 aliphatic carbocycles. The largest absolute Gasteiger partial charge is 0.388 e. The van der Waals surface area contributed by atoms with Gasteiger partial charge in [0.1, 0.15) is 0 Å². The van der Waals surface area contributed by atoms with Crippen LogP contribution in [0.3, 0.4) is 0 Å². The normalized spacial score (nSPS) is 26.1. The molecule has 2 rings (SSSR count). The Morgan fingerprint density at radius 1 is 1.50 bits per heavy atom. The lowest BCUT2D eigenvalue weighted by molar-refractivity contribution is 0.0449. The van der Waals surface area contributed by atoms with Gasteiger partial charge < -0.3 is 15.3 Å². The monoisotopic (exact) mass is 249 g/mol. The second-order valence-corrected chi connectivity index (χ2v) is 5.47. The number of aliphatic hydroxyl groups is 1. The van der Waals surface area contributed by atoms with Gasteiger partial charge in [-0.15, -0.1) is 0 Å². The fraction of sp³-hybridized carbons (Fsp3) is 0.643. The Labute approximate surface area is 109 Å². The number of nitrogens with zero attached hydrogens (tertiary/aromatic N) is 2. The number of anilines is 1. The van der Waals surface area contributed by atoms with Crippen molar-refractivity contribution in [2.75, 3.05) is 25.0 Å². The quantitative estimate of drug-likeness (QED) is 0.856. The van der Waals surface area contributed by atoms with E-state index in [-0.39, 0.29) is 6.04 Å². The van der Waals surface area contributed by atoms with Crippen molar-refractivity contribution >= 4 is 5.69 Å². The summed E-state index contributed by atoms with van der Waals surface area (Å²) in [5, 5.41) is 13.3. The Morgan fingerprint density at radius 2 is 2.28 bits per heavy atom. The molecule has 2 unspecified atom stereocenters. The lowest BCUT2D eigenvalue weighted by Crippen LogP contribution is -2.46. The van der Waals surface area contributed by atoms with E-state index in [9.17, 15) is 5.11 Å². The van der Waals surface area contributed by atoms with Crippen LogP contribution in [0.15, 0.2) is 18.3 Å². The van der Waals surface area contributed by atoms with E-state index in [1.807, 2.05) is 20.2 Å². The zero-order valence-corrected chi connectivity index (χ0v) is 11.5. The molecule has 0 bridgehead atoms. The molecule has 0 saturated carbocycles. The Morgan fingerprint density at radius 3 is 2.83 bits per heavy atom. The first kappa shape index (κ1) is 13.3. The highest BCUT2D eigenvalue weighted by Crippen LogP contribution is 2.25. The number of nitrogens with one attached hydrogen (secondary N) is 1. The van der Waals surface area contributed by atoms with Crippen molar-refractivity contribution in [2.45, 2.75) is 38.3 Å². The summed E-state index contributed by atoms with van der Waals surface area (Å²) in [7, 11) is 1.93. The highest BCUT2D eigenvalue weighted by atomic mass is 16.3. The van der Waals surface area contributed by atoms with E-state index in [2.05, 4.69) is 34.3 Å². The van der Waals surface area contributed by atoms with E-state index in [1.165, 1.54) is 0 Å². The van der Waals surface area contributed by atoms with Crippen LogP contribution < -0.4 is 10.2 Å². The topological polar surface area (TPSA) is 48.4 Å². The summed E-state index contributed by atoms with van der Waals surface area (Å²) in [5.41, 5.74) is 1.57. The molecule has 18 heavy (non-hydrogen) atoms. The van der Waals surface area contributed by atoms with Gasteiger partial charge >= 0.3 is 0 Å². The SMILES string of the molecule is CNC(C)c1ccc(N2CCCC(C)(O)C2)cn1. The number of piperidine rings is 1. The molecule has 1 saturated heterocycles. The van der Waals surface area contributed by atoms with E-state index in [0.29, 0.717) is 6.54 Å². The van der Waals surface area contributed by atoms with Gasteiger partial charge in [-0.05, 0) is 45.9 Å². The van der Waals surface area contributed by atoms with Crippen molar-refractivity contribution in [1.29, 1.82) is 0 Å². The van der Waals surface area contributed by atoms with Crippen molar-refractivity contribution in [3.63, 3.8) is 0 Å². The number of rotatable bonds is 3. The maximum absolute atomic E-state index is 10.1. The third-order valence-corrected chi connectivity index (χ3v) is 3.69. The maximum Gasteiger partial charge on any atom is 0.0794 e. The summed E-state index contributed by atoms with van der Waals surface area (Å²) in [6.07, 6.45) is 3.82. The van der Waals surface area contributed by atoms with Crippen molar-refractivity contribution in [3.8, 4) is 0 Å². The van der Waals surface area contributed by atoms with Gasteiger partial charge in [0.25, 0.3) is 0 Å². The molecule has 0 spiro atoms. The summed E-state index contributed by atoms with van der Waals surface area (Å²) in [4.78, 5) is 6.70. The average Bonchev–Trinajstić information content (AvgIpc) is 2.37. The third-order valence-electron chi connectivity index (χ3n) is 3.69. The Bertz CT molecular complexity index is 389. The summed E-state index contributed by atoms with van der Waals surface area (Å²) in [5.74, 6) is 0. The van der Waals surface area contributed by atoms with Crippen LogP contribution in [-0.2, 0) is 0 Å². The van der Waals surface area contributed by atoms with Gasteiger partial charge in [0.2, 0.25) is 0 Å². The number of hydrogen-bond acceptors (Lipinski definition) is 4. The van der Waals surface area contributed by atoms with Crippen molar-refractivity contribution < 1.29 is 5.11 Å². The van der Waals surface area contributed by atoms with Crippen LogP contribution in [0.1, 0.15) is 38.4 Å². The van der Waals surface area contributed by atoms with Crippen molar-refractivity contribution in [2.24, 2.45) is 0 Å². The van der Waals surface area contributed by atoms with E-state index in [0.717, 1.165) is 30.8 Å². The van der Waals surface area contributed by atoms with Gasteiger partial charge in [-0.25, -0.2) is 0 Å². The van der Waals surface area contributed by atoms with Gasteiger partial charge in [0.05, 0.1) is 23.2 Å². The minimum Gasteiger partial charge on any atom is -0.388 e. The highest BCUT2D eigenvalue weighted by molar-refractivity contribution is 5.45. The third kappa shape index (κ3) is 3.00. The predicted octanol–water partition coefficient (Wildman–Crippen LogP) is 1.71. The van der Waals surface area contributed by atoms with Crippen LogP contribution in [0, 0.1) is 0 Å². The van der Waals surface area contributed by atoms with Gasteiger partial charge in [0.15, 0.2) is 0 Å². The molecule has 2 heterocycles. The van der Waals surface area contributed by atoms with Gasteiger partial charge in [-0.3, -0.25) is 4.98 Å². The molecule has 1 aliphatic rings. The number of hydrogen-bond donors (Lipinski definition) is 2. The molecule has 0 amide bonds. The van der Waals surface area contributed by atoms with Crippen LogP contribution in [0.5, 0.6) is 0 Å². The molecule has 100 valence electrons. The standard InChI is InChI=1S/C14H23N3O/c1-11(15-3)13-6-5-12(9-16-13)17-8-4-7-14(2,18)10-17/h5-6,9,11,15,18H,4,7-8,10H2,1-3H3. The van der Waals surface area contributed by atoms with Crippen LogP contribution in [0.25, 0.3) is 0 Å². The smallest absolute Gasteiger partial charge is 0.0794 e. The Balaban J connectivity index is 2.09. The first-order valence-electron chi connectivity index (χ1n) is 6.62. The highest BCUT2D eigenvalue weighted by Gasteiger charge is 2.28. The van der Waals surface area contributed by atoms with Gasteiger partial charge in [-0.2, -0.15) is 0 Å². The van der Waals surface area contributed by atoms with Crippen LogP contribution >= 0.6 is 0 Å². The minimum absolute atomic E-state index is 0.267. The Kier molecular flexibility index (Phi) is 3.88. The molecule has 2 N–H and O–H groups in total. The zero-order chi connectivity index (χ0) is 13.2. The molecule has 4 nitrogen and oxygen atoms in total. The first-order valence-corrected chi connectivity index (χ1v) is 6.62. The van der Waals surface area contributed by atoms with E-state index in [4.69, 9.17) is 0 Å². The molecular formula is C14H23N3O. The van der Waals surface area contributed by atoms with Crippen LogP contribution in [0.4, 0.5) is 5.69 Å². The Hall–Kier alpha value is -1.13. The molecule has 2 atom stereocenters. The summed E-state index contributed by atoms with van der Waals surface area (Å²) < 4.78 is 0. The molecule has 1 aromatic heterocycles. The van der Waals surface area contributed by atoms with E-state index in [1.54, 1.807) is 0 Å². The van der Waals surface area contributed by atoms with Crippen molar-refractivity contribution in [3.05, 3.63) is 24.0 Å². The number of β-amino-alcohol motifs (C(OH)–C–C–N with tert-alkyl or cyclic N) is 1. The molecule has 1 aliphatic heterocycles. The minimum atomic E-state index is -0.574. The molecule has 1 fully saturated rings. The molecule has 1 aromatic rings. The fourth-order valence-corrected chi connectivity index (χ4v) is 2.43. The molecule has 4 heteroatoms. The maximum atomic E-state index is 10.1. The van der Waals surface area contributed by atoms with Crippen LogP contribution in [0.2, 0.25) is 0 Å². The predicted molar refractivity (Wildman–Crippen MR) is 73.8 cm³/mol. The number of aromatic nitrogens is 1. The molecule has 0 radical (unpaired) electrons. The second-order valence-electron chi connectivity index (χ2n) is 5.47. The summed E-state index contributed by atoms with van der Waals surface area (Å²) in [6.45, 7) is 5.69. The first-order chi connectivity index (χ1) is 8.52. The average molecular weight is 249 g/mol. The van der Waals surface area contributed by atoms with E-state index >= 15 is 0 Å². The second kappa shape index (κ2) is 5.24. The number of pyridine rings is 1. The van der Waals surface area contributed by atoms with E-state index < -0.39 is 5.60 Å². The fourth-order valence-electron chi connectivity index (χ4n) is 2.43. The molecular weight excluding hydrogens is 226 g/mol. The summed E-state index contributed by atoms with van der Waals surface area (Å²) in [6, 6.07) is 4.42. The van der Waals surface area contributed by atoms with Crippen LogP contribution in [-0.4, -0.2) is 35.8 Å². The lowest BCUT2D eigenvalue weighted by atomic mass is 9.95. The zero-order valence-electron chi connectivity index (χ0n) is 11.5. The van der Waals surface area contributed by atoms with Gasteiger partial charge in [-0.1, -0.05) is 0 Å². The summed E-state index contributed by atoms with van der Waals surface area (Å²) >= 11 is 0. The van der Waals surface area contributed by atoms with Gasteiger partial charge in [0, 0.05) is 19.1 Å². The van der Waals surface area contributed by atoms with Crippen molar-refractivity contribution in [1.82, 2.24) is 10.3 Å².